The molecule has 1 aromatic heterocycles. The van der Waals surface area contributed by atoms with Crippen molar-refractivity contribution in [3.63, 3.8) is 0 Å². The quantitative estimate of drug-likeness (QED) is 0.204. The van der Waals surface area contributed by atoms with E-state index in [0.717, 1.165) is 44.1 Å². The van der Waals surface area contributed by atoms with E-state index in [1.165, 1.54) is 10.5 Å². The van der Waals surface area contributed by atoms with Crippen molar-refractivity contribution < 1.29 is 9.59 Å². The Bertz CT molecular complexity index is 2240. The highest BCUT2D eigenvalue weighted by atomic mass is 16.2. The lowest BCUT2D eigenvalue weighted by molar-refractivity contribution is 0.0926. The van der Waals surface area contributed by atoms with Crippen LogP contribution in [0.5, 0.6) is 0 Å². The van der Waals surface area contributed by atoms with Crippen molar-refractivity contribution in [3.05, 3.63) is 156 Å². The molecule has 6 aromatic carbocycles. The molecule has 0 unspecified atom stereocenters. The van der Waals surface area contributed by atoms with Gasteiger partial charge in [0.05, 0.1) is 33.5 Å². The van der Waals surface area contributed by atoms with Crippen LogP contribution in [0.4, 0.5) is 5.69 Å². The van der Waals surface area contributed by atoms with Crippen LogP contribution in [0.3, 0.4) is 0 Å². The molecule has 4 nitrogen and oxygen atoms in total. The number of anilines is 1. The minimum absolute atomic E-state index is 0.313. The SMILES string of the molecule is Cc1cccc(-c2ccc3c4ccccc4n(-c4cccc5c4C(=O)N(c4ccccc4-c4ccccc4)C5=O)c3c2)c1. The van der Waals surface area contributed by atoms with Gasteiger partial charge in [0.15, 0.2) is 0 Å². The third-order valence-electron chi connectivity index (χ3n) is 8.39. The van der Waals surface area contributed by atoms with Gasteiger partial charge in [-0.25, -0.2) is 4.90 Å². The zero-order chi connectivity index (χ0) is 29.1. The predicted molar refractivity (Wildman–Crippen MR) is 174 cm³/mol. The van der Waals surface area contributed by atoms with Crippen LogP contribution in [0, 0.1) is 6.92 Å². The summed E-state index contributed by atoms with van der Waals surface area (Å²) in [7, 11) is 0. The number of rotatable bonds is 4. The van der Waals surface area contributed by atoms with E-state index in [1.807, 2.05) is 78.9 Å². The van der Waals surface area contributed by atoms with Crippen LogP contribution in [0.1, 0.15) is 26.3 Å². The highest BCUT2D eigenvalue weighted by Gasteiger charge is 2.40. The van der Waals surface area contributed by atoms with Crippen molar-refractivity contribution in [2.24, 2.45) is 0 Å². The lowest BCUT2D eigenvalue weighted by atomic mass is 10.0. The molecule has 2 amide bonds. The fraction of sp³-hybridized carbons (Fsp3) is 0.0256. The summed E-state index contributed by atoms with van der Waals surface area (Å²) in [6.45, 7) is 2.09. The molecule has 43 heavy (non-hydrogen) atoms. The van der Waals surface area contributed by atoms with E-state index in [-0.39, 0.29) is 11.8 Å². The Kier molecular flexibility index (Phi) is 5.63. The molecule has 0 atom stereocenters. The van der Waals surface area contributed by atoms with Gasteiger partial charge in [0.1, 0.15) is 0 Å². The lowest BCUT2D eigenvalue weighted by Crippen LogP contribution is -2.30. The number of para-hydroxylation sites is 2. The van der Waals surface area contributed by atoms with E-state index in [4.69, 9.17) is 0 Å². The van der Waals surface area contributed by atoms with Crippen molar-refractivity contribution in [2.45, 2.75) is 6.92 Å². The maximum absolute atomic E-state index is 14.4. The van der Waals surface area contributed by atoms with Crippen LogP contribution < -0.4 is 4.90 Å². The minimum Gasteiger partial charge on any atom is -0.308 e. The number of fused-ring (bicyclic) bond motifs is 4. The van der Waals surface area contributed by atoms with Crippen LogP contribution in [0.15, 0.2) is 140 Å². The molecule has 204 valence electrons. The van der Waals surface area contributed by atoms with Crippen LogP contribution in [-0.2, 0) is 0 Å². The topological polar surface area (TPSA) is 42.3 Å². The van der Waals surface area contributed by atoms with Crippen molar-refractivity contribution in [1.82, 2.24) is 4.57 Å². The maximum atomic E-state index is 14.4. The maximum Gasteiger partial charge on any atom is 0.268 e. The van der Waals surface area contributed by atoms with Gasteiger partial charge in [0.25, 0.3) is 11.8 Å². The smallest absolute Gasteiger partial charge is 0.268 e. The Morgan fingerprint density at radius 2 is 1.12 bits per heavy atom. The number of carbonyl (C=O) groups is 2. The van der Waals surface area contributed by atoms with E-state index in [0.29, 0.717) is 22.5 Å². The summed E-state index contributed by atoms with van der Waals surface area (Å²) in [6.07, 6.45) is 0. The van der Waals surface area contributed by atoms with Gasteiger partial charge in [-0.05, 0) is 53.9 Å². The van der Waals surface area contributed by atoms with E-state index >= 15 is 0 Å². The summed E-state index contributed by atoms with van der Waals surface area (Å²) in [4.78, 5) is 29.7. The Balaban J connectivity index is 1.35. The van der Waals surface area contributed by atoms with Crippen molar-refractivity contribution in [1.29, 1.82) is 0 Å². The molecular formula is C39H26N2O2. The number of imide groups is 1. The monoisotopic (exact) mass is 554 g/mol. The van der Waals surface area contributed by atoms with Crippen molar-refractivity contribution in [3.8, 4) is 27.9 Å². The molecule has 0 aliphatic carbocycles. The minimum atomic E-state index is -0.320. The summed E-state index contributed by atoms with van der Waals surface area (Å²) in [5, 5.41) is 2.18. The number of carbonyl (C=O) groups excluding carboxylic acids is 2. The molecule has 0 radical (unpaired) electrons. The molecule has 0 saturated heterocycles. The van der Waals surface area contributed by atoms with E-state index in [1.54, 1.807) is 6.07 Å². The second-order valence-electron chi connectivity index (χ2n) is 11.0. The molecule has 0 saturated carbocycles. The summed E-state index contributed by atoms with van der Waals surface area (Å²) < 4.78 is 2.14. The largest absolute Gasteiger partial charge is 0.308 e. The van der Waals surface area contributed by atoms with Gasteiger partial charge >= 0.3 is 0 Å². The molecule has 8 rings (SSSR count). The van der Waals surface area contributed by atoms with Crippen molar-refractivity contribution >= 4 is 39.3 Å². The molecule has 1 aliphatic heterocycles. The standard InChI is InChI=1S/C39H26N2O2/c1-25-11-9-14-27(23-25)28-21-22-31-30-16-6-8-19-34(30)40(36(31)24-28)35-20-10-17-32-37(35)39(43)41(38(32)42)33-18-7-5-15-29(33)26-12-3-2-4-13-26/h2-24H,1H3. The molecular weight excluding hydrogens is 528 g/mol. The Hall–Kier alpha value is -5.74. The first-order valence-electron chi connectivity index (χ1n) is 14.4. The average molecular weight is 555 g/mol. The zero-order valence-electron chi connectivity index (χ0n) is 23.5. The first kappa shape index (κ1) is 25.0. The number of hydrogen-bond acceptors (Lipinski definition) is 2. The summed E-state index contributed by atoms with van der Waals surface area (Å²) in [6, 6.07) is 46.2. The van der Waals surface area contributed by atoms with Gasteiger partial charge in [-0.3, -0.25) is 9.59 Å². The predicted octanol–water partition coefficient (Wildman–Crippen LogP) is 9.23. The van der Waals surface area contributed by atoms with Gasteiger partial charge in [0.2, 0.25) is 0 Å². The third-order valence-corrected chi connectivity index (χ3v) is 8.39. The molecule has 2 heterocycles. The molecule has 4 heteroatoms. The normalized spacial score (nSPS) is 12.8. The second-order valence-corrected chi connectivity index (χ2v) is 11.0. The highest BCUT2D eigenvalue weighted by molar-refractivity contribution is 6.36. The van der Waals surface area contributed by atoms with Crippen LogP contribution in [0.2, 0.25) is 0 Å². The van der Waals surface area contributed by atoms with Gasteiger partial charge < -0.3 is 4.57 Å². The number of hydrogen-bond donors (Lipinski definition) is 0. The first-order chi connectivity index (χ1) is 21.1. The molecule has 0 fully saturated rings. The molecule has 0 bridgehead atoms. The van der Waals surface area contributed by atoms with E-state index < -0.39 is 0 Å². The molecule has 1 aliphatic rings. The summed E-state index contributed by atoms with van der Waals surface area (Å²) in [5.74, 6) is -0.633. The fourth-order valence-electron chi connectivity index (χ4n) is 6.44. The number of amides is 2. The lowest BCUT2D eigenvalue weighted by Gasteiger charge is -2.18. The van der Waals surface area contributed by atoms with Gasteiger partial charge in [0, 0.05) is 16.3 Å². The Labute approximate surface area is 249 Å². The second kappa shape index (κ2) is 9.68. The Morgan fingerprint density at radius 1 is 0.465 bits per heavy atom. The summed E-state index contributed by atoms with van der Waals surface area (Å²) >= 11 is 0. The number of benzene rings is 6. The third kappa shape index (κ3) is 3.84. The molecule has 7 aromatic rings. The first-order valence-corrected chi connectivity index (χ1v) is 14.4. The van der Waals surface area contributed by atoms with Gasteiger partial charge in [-0.15, -0.1) is 0 Å². The van der Waals surface area contributed by atoms with E-state index in [2.05, 4.69) is 66.1 Å². The zero-order valence-corrected chi connectivity index (χ0v) is 23.5. The molecule has 0 spiro atoms. The Morgan fingerprint density at radius 3 is 1.98 bits per heavy atom. The fourth-order valence-corrected chi connectivity index (χ4v) is 6.44. The average Bonchev–Trinajstić information content (AvgIpc) is 3.52. The van der Waals surface area contributed by atoms with E-state index in [9.17, 15) is 9.59 Å². The molecule has 0 N–H and O–H groups in total. The highest BCUT2D eigenvalue weighted by Crippen LogP contribution is 2.41. The van der Waals surface area contributed by atoms with Gasteiger partial charge in [-0.1, -0.05) is 115 Å². The van der Waals surface area contributed by atoms with Crippen LogP contribution >= 0.6 is 0 Å². The summed E-state index contributed by atoms with van der Waals surface area (Å²) in [5.41, 5.74) is 9.26. The van der Waals surface area contributed by atoms with Gasteiger partial charge in [-0.2, -0.15) is 0 Å². The van der Waals surface area contributed by atoms with Crippen LogP contribution in [-0.4, -0.2) is 16.4 Å². The number of aryl methyl sites for hydroxylation is 1. The number of nitrogens with zero attached hydrogens (tertiary/aromatic N) is 2. The number of aromatic nitrogens is 1. The van der Waals surface area contributed by atoms with Crippen LogP contribution in [0.25, 0.3) is 49.7 Å². The van der Waals surface area contributed by atoms with Crippen molar-refractivity contribution in [2.75, 3.05) is 4.90 Å².